The first-order chi connectivity index (χ1) is 10.5. The lowest BCUT2D eigenvalue weighted by atomic mass is 10.1. The third-order valence-corrected chi connectivity index (χ3v) is 4.52. The zero-order valence-electron chi connectivity index (χ0n) is 14.0. The second kappa shape index (κ2) is 10.1. The van der Waals surface area contributed by atoms with Crippen molar-refractivity contribution < 1.29 is 9.53 Å². The number of thioether (sulfide) groups is 1. The Bertz CT molecular complexity index is 476. The average Bonchev–Trinajstić information content (AvgIpc) is 3.00. The summed E-state index contributed by atoms with van der Waals surface area (Å²) in [5, 5.41) is 6.28. The van der Waals surface area contributed by atoms with Gasteiger partial charge in [0.15, 0.2) is 0 Å². The summed E-state index contributed by atoms with van der Waals surface area (Å²) < 4.78 is 5.64. The molecule has 6 heteroatoms. The molecule has 1 aromatic carbocycles. The van der Waals surface area contributed by atoms with Crippen molar-refractivity contribution in [3.8, 4) is 5.75 Å². The lowest BCUT2D eigenvalue weighted by Crippen LogP contribution is -2.45. The van der Waals surface area contributed by atoms with E-state index in [-0.39, 0.29) is 36.5 Å². The van der Waals surface area contributed by atoms with Crippen LogP contribution >= 0.6 is 24.2 Å². The van der Waals surface area contributed by atoms with Crippen LogP contribution < -0.4 is 15.4 Å². The van der Waals surface area contributed by atoms with Gasteiger partial charge in [0.05, 0.1) is 12.1 Å². The number of ether oxygens (including phenoxy) is 1. The summed E-state index contributed by atoms with van der Waals surface area (Å²) in [6.07, 6.45) is 2.09. The van der Waals surface area contributed by atoms with E-state index in [1.807, 2.05) is 26.0 Å². The number of rotatable bonds is 7. The third kappa shape index (κ3) is 7.02. The number of carbonyl (C=O) groups excluding carboxylic acids is 1. The molecule has 1 heterocycles. The highest BCUT2D eigenvalue weighted by Crippen LogP contribution is 2.15. The summed E-state index contributed by atoms with van der Waals surface area (Å²) in [6, 6.07) is 8.38. The van der Waals surface area contributed by atoms with Crippen molar-refractivity contribution in [2.24, 2.45) is 0 Å². The number of nitrogens with one attached hydrogen (secondary N) is 2. The first-order valence-electron chi connectivity index (χ1n) is 7.91. The fraction of sp³-hybridized carbons (Fsp3) is 0.588. The number of aryl methyl sites for hydroxylation is 1. The number of hydrogen-bond acceptors (Lipinski definition) is 4. The Morgan fingerprint density at radius 2 is 2.04 bits per heavy atom. The van der Waals surface area contributed by atoms with E-state index < -0.39 is 0 Å². The van der Waals surface area contributed by atoms with Crippen LogP contribution in [0.5, 0.6) is 5.75 Å². The van der Waals surface area contributed by atoms with Crippen molar-refractivity contribution in [1.82, 2.24) is 10.6 Å². The second-order valence-electron chi connectivity index (χ2n) is 6.03. The van der Waals surface area contributed by atoms with Crippen LogP contribution in [0.1, 0.15) is 32.8 Å². The average molecular weight is 359 g/mol. The number of amides is 1. The molecule has 23 heavy (non-hydrogen) atoms. The summed E-state index contributed by atoms with van der Waals surface area (Å²) in [7, 11) is 0. The topological polar surface area (TPSA) is 50.4 Å². The fourth-order valence-electron chi connectivity index (χ4n) is 2.37. The van der Waals surface area contributed by atoms with Crippen LogP contribution in [0.25, 0.3) is 0 Å². The first-order valence-corrected chi connectivity index (χ1v) is 9.07. The highest BCUT2D eigenvalue weighted by molar-refractivity contribution is 7.99. The van der Waals surface area contributed by atoms with Crippen LogP contribution in [0.2, 0.25) is 0 Å². The predicted octanol–water partition coefficient (Wildman–Crippen LogP) is 3.00. The van der Waals surface area contributed by atoms with Gasteiger partial charge in [-0.05, 0) is 51.3 Å². The summed E-state index contributed by atoms with van der Waals surface area (Å²) in [6.45, 7) is 6.11. The Morgan fingerprint density at radius 3 is 2.61 bits per heavy atom. The third-order valence-electron chi connectivity index (χ3n) is 3.58. The zero-order chi connectivity index (χ0) is 15.9. The number of hydrogen-bond donors (Lipinski definition) is 2. The van der Waals surface area contributed by atoms with E-state index in [0.29, 0.717) is 0 Å². The summed E-state index contributed by atoms with van der Waals surface area (Å²) >= 11 is 1.77. The van der Waals surface area contributed by atoms with Gasteiger partial charge in [0.1, 0.15) is 5.75 Å². The summed E-state index contributed by atoms with van der Waals surface area (Å²) in [4.78, 5) is 12.0. The summed E-state index contributed by atoms with van der Waals surface area (Å²) in [5.74, 6) is 2.77. The summed E-state index contributed by atoms with van der Waals surface area (Å²) in [5.41, 5.74) is 1.27. The SMILES string of the molecule is CC(CCc1ccc(OC(C)C)cc1)NC(=O)C1CSCN1.Cl. The molecule has 2 unspecified atom stereocenters. The number of halogens is 1. The van der Waals surface area contributed by atoms with Gasteiger partial charge in [-0.15, -0.1) is 24.2 Å². The highest BCUT2D eigenvalue weighted by atomic mass is 35.5. The normalized spacial score (nSPS) is 18.3. The molecule has 1 aliphatic rings. The molecule has 0 saturated carbocycles. The van der Waals surface area contributed by atoms with Crippen LogP contribution in [0.4, 0.5) is 0 Å². The van der Waals surface area contributed by atoms with Gasteiger partial charge in [-0.2, -0.15) is 0 Å². The van der Waals surface area contributed by atoms with Crippen LogP contribution in [0.15, 0.2) is 24.3 Å². The van der Waals surface area contributed by atoms with Crippen LogP contribution in [0, 0.1) is 0 Å². The lowest BCUT2D eigenvalue weighted by Gasteiger charge is -2.17. The Balaban J connectivity index is 0.00000264. The highest BCUT2D eigenvalue weighted by Gasteiger charge is 2.23. The van der Waals surface area contributed by atoms with Gasteiger partial charge in [0.25, 0.3) is 0 Å². The van der Waals surface area contributed by atoms with E-state index in [1.165, 1.54) is 5.56 Å². The largest absolute Gasteiger partial charge is 0.491 e. The van der Waals surface area contributed by atoms with Gasteiger partial charge in [-0.25, -0.2) is 0 Å². The molecular formula is C17H27ClN2O2S. The minimum Gasteiger partial charge on any atom is -0.491 e. The maximum absolute atomic E-state index is 12.0. The molecule has 4 nitrogen and oxygen atoms in total. The fourth-order valence-corrected chi connectivity index (χ4v) is 3.31. The van der Waals surface area contributed by atoms with Crippen LogP contribution in [0.3, 0.4) is 0 Å². The molecule has 0 bridgehead atoms. The van der Waals surface area contributed by atoms with Gasteiger partial charge in [0.2, 0.25) is 5.91 Å². The molecule has 1 aliphatic heterocycles. The molecule has 1 amide bonds. The second-order valence-corrected chi connectivity index (χ2v) is 7.06. The molecule has 1 fully saturated rings. The van der Waals surface area contributed by atoms with Gasteiger partial charge in [0, 0.05) is 17.7 Å². The molecule has 2 rings (SSSR count). The van der Waals surface area contributed by atoms with E-state index >= 15 is 0 Å². The molecule has 1 aromatic rings. The standard InChI is InChI=1S/C17H26N2O2S.ClH/c1-12(2)21-15-8-6-14(7-9-15)5-4-13(3)19-17(20)16-10-22-11-18-16;/h6-9,12-13,16,18H,4-5,10-11H2,1-3H3,(H,19,20);1H. The zero-order valence-corrected chi connectivity index (χ0v) is 15.6. The first kappa shape index (κ1) is 20.1. The van der Waals surface area contributed by atoms with Gasteiger partial charge in [-0.3, -0.25) is 10.1 Å². The predicted molar refractivity (Wildman–Crippen MR) is 99.6 cm³/mol. The van der Waals surface area contributed by atoms with Crippen LogP contribution in [-0.4, -0.2) is 35.7 Å². The molecule has 0 spiro atoms. The van der Waals surface area contributed by atoms with Crippen molar-refractivity contribution in [2.75, 3.05) is 11.6 Å². The van der Waals surface area contributed by atoms with E-state index in [2.05, 4.69) is 29.7 Å². The van der Waals surface area contributed by atoms with Gasteiger partial charge >= 0.3 is 0 Å². The van der Waals surface area contributed by atoms with E-state index in [0.717, 1.165) is 30.2 Å². The van der Waals surface area contributed by atoms with Gasteiger partial charge in [-0.1, -0.05) is 12.1 Å². The Labute approximate surface area is 149 Å². The van der Waals surface area contributed by atoms with Crippen molar-refractivity contribution in [3.63, 3.8) is 0 Å². The molecule has 2 N–H and O–H groups in total. The quantitative estimate of drug-likeness (QED) is 0.786. The molecule has 0 aliphatic carbocycles. The minimum absolute atomic E-state index is 0. The minimum atomic E-state index is -0.0279. The number of carbonyl (C=O) groups is 1. The molecule has 0 aromatic heterocycles. The monoisotopic (exact) mass is 358 g/mol. The van der Waals surface area contributed by atoms with Crippen molar-refractivity contribution in [1.29, 1.82) is 0 Å². The molecule has 2 atom stereocenters. The molecule has 1 saturated heterocycles. The Morgan fingerprint density at radius 1 is 1.35 bits per heavy atom. The smallest absolute Gasteiger partial charge is 0.238 e. The van der Waals surface area contributed by atoms with Crippen molar-refractivity contribution in [3.05, 3.63) is 29.8 Å². The van der Waals surface area contributed by atoms with E-state index in [4.69, 9.17) is 4.74 Å². The Hall–Kier alpha value is -0.910. The van der Waals surface area contributed by atoms with Crippen molar-refractivity contribution in [2.45, 2.75) is 51.8 Å². The molecular weight excluding hydrogens is 332 g/mol. The molecule has 0 radical (unpaired) electrons. The van der Waals surface area contributed by atoms with Crippen molar-refractivity contribution >= 4 is 30.1 Å². The Kier molecular flexibility index (Phi) is 8.81. The lowest BCUT2D eigenvalue weighted by molar-refractivity contribution is -0.123. The molecule has 130 valence electrons. The van der Waals surface area contributed by atoms with Gasteiger partial charge < -0.3 is 10.1 Å². The maximum atomic E-state index is 12.0. The maximum Gasteiger partial charge on any atom is 0.238 e. The van der Waals surface area contributed by atoms with Crippen LogP contribution in [-0.2, 0) is 11.2 Å². The number of benzene rings is 1. The van der Waals surface area contributed by atoms with E-state index in [9.17, 15) is 4.79 Å². The van der Waals surface area contributed by atoms with E-state index in [1.54, 1.807) is 11.8 Å².